The number of nitrogens with one attached hydrogen (secondary N) is 1. The number of likely N-dealkylation sites (N-methyl/N-ethyl adjacent to an activating group) is 1. The quantitative estimate of drug-likeness (QED) is 0.642. The lowest BCUT2D eigenvalue weighted by Crippen LogP contribution is -2.44. The minimum Gasteiger partial charge on any atom is -0.342 e. The van der Waals surface area contributed by atoms with E-state index in [4.69, 9.17) is 5.41 Å². The molecule has 0 spiro atoms. The average molecular weight is 169 g/mol. The third-order valence-electron chi connectivity index (χ3n) is 2.34. The SMILES string of the molecule is CCN1CCN(C(C)(C)C)C1=N. The van der Waals surface area contributed by atoms with Crippen molar-refractivity contribution in [3.05, 3.63) is 0 Å². The first kappa shape index (κ1) is 9.36. The standard InChI is InChI=1S/C9H19N3/c1-5-11-6-7-12(8(11)10)9(2,3)4/h10H,5-7H2,1-4H3. The van der Waals surface area contributed by atoms with E-state index in [9.17, 15) is 0 Å². The van der Waals surface area contributed by atoms with E-state index in [0.29, 0.717) is 5.96 Å². The van der Waals surface area contributed by atoms with Gasteiger partial charge >= 0.3 is 0 Å². The van der Waals surface area contributed by atoms with E-state index in [1.807, 2.05) is 0 Å². The van der Waals surface area contributed by atoms with Crippen molar-refractivity contribution in [2.75, 3.05) is 19.6 Å². The highest BCUT2D eigenvalue weighted by Gasteiger charge is 2.31. The monoisotopic (exact) mass is 169 g/mol. The van der Waals surface area contributed by atoms with Crippen LogP contribution in [0.15, 0.2) is 0 Å². The molecule has 0 aliphatic carbocycles. The summed E-state index contributed by atoms with van der Waals surface area (Å²) in [6, 6.07) is 0. The second kappa shape index (κ2) is 2.96. The Hall–Kier alpha value is -0.730. The molecule has 0 atom stereocenters. The van der Waals surface area contributed by atoms with Crippen LogP contribution in [0.4, 0.5) is 0 Å². The maximum atomic E-state index is 7.87. The van der Waals surface area contributed by atoms with Crippen molar-refractivity contribution < 1.29 is 0 Å². The van der Waals surface area contributed by atoms with Gasteiger partial charge in [0.25, 0.3) is 0 Å². The van der Waals surface area contributed by atoms with Crippen molar-refractivity contribution in [2.45, 2.75) is 33.2 Å². The molecule has 0 aromatic heterocycles. The normalized spacial score (nSPS) is 19.2. The van der Waals surface area contributed by atoms with E-state index in [2.05, 4.69) is 37.5 Å². The van der Waals surface area contributed by atoms with Gasteiger partial charge < -0.3 is 9.80 Å². The summed E-state index contributed by atoms with van der Waals surface area (Å²) in [6.45, 7) is 11.5. The molecule has 0 aromatic carbocycles. The van der Waals surface area contributed by atoms with E-state index in [1.165, 1.54) is 0 Å². The Kier molecular flexibility index (Phi) is 2.31. The van der Waals surface area contributed by atoms with E-state index >= 15 is 0 Å². The van der Waals surface area contributed by atoms with Gasteiger partial charge in [-0.05, 0) is 27.7 Å². The molecule has 0 bridgehead atoms. The van der Waals surface area contributed by atoms with Gasteiger partial charge in [-0.3, -0.25) is 5.41 Å². The molecule has 3 nitrogen and oxygen atoms in total. The topological polar surface area (TPSA) is 30.3 Å². The van der Waals surface area contributed by atoms with Crippen LogP contribution < -0.4 is 0 Å². The lowest BCUT2D eigenvalue weighted by molar-refractivity contribution is 0.257. The van der Waals surface area contributed by atoms with Crippen LogP contribution in [0, 0.1) is 5.41 Å². The minimum atomic E-state index is 0.0982. The molecule has 1 saturated heterocycles. The lowest BCUT2D eigenvalue weighted by atomic mass is 10.1. The predicted octanol–water partition coefficient (Wildman–Crippen LogP) is 1.36. The van der Waals surface area contributed by atoms with E-state index in [1.54, 1.807) is 0 Å². The zero-order valence-corrected chi connectivity index (χ0v) is 8.52. The summed E-state index contributed by atoms with van der Waals surface area (Å²) in [5.41, 5.74) is 0.0982. The van der Waals surface area contributed by atoms with Crippen molar-refractivity contribution in [2.24, 2.45) is 0 Å². The molecular formula is C9H19N3. The molecule has 1 rings (SSSR count). The maximum Gasteiger partial charge on any atom is 0.194 e. The fourth-order valence-corrected chi connectivity index (χ4v) is 1.56. The molecule has 1 heterocycles. The molecule has 0 radical (unpaired) electrons. The summed E-state index contributed by atoms with van der Waals surface area (Å²) in [5, 5.41) is 7.87. The number of nitrogens with zero attached hydrogens (tertiary/aromatic N) is 2. The Bertz CT molecular complexity index is 181. The van der Waals surface area contributed by atoms with Crippen LogP contribution in [0.5, 0.6) is 0 Å². The second-order valence-corrected chi connectivity index (χ2v) is 4.23. The summed E-state index contributed by atoms with van der Waals surface area (Å²) in [6.07, 6.45) is 0. The highest BCUT2D eigenvalue weighted by molar-refractivity contribution is 5.79. The van der Waals surface area contributed by atoms with Crippen molar-refractivity contribution in [3.8, 4) is 0 Å². The van der Waals surface area contributed by atoms with Gasteiger partial charge in [0, 0.05) is 25.2 Å². The van der Waals surface area contributed by atoms with Crippen LogP contribution in [-0.2, 0) is 0 Å². The first-order chi connectivity index (χ1) is 5.46. The minimum absolute atomic E-state index is 0.0982. The summed E-state index contributed by atoms with van der Waals surface area (Å²) in [4.78, 5) is 4.25. The molecule has 1 N–H and O–H groups in total. The van der Waals surface area contributed by atoms with Gasteiger partial charge in [0.15, 0.2) is 5.96 Å². The van der Waals surface area contributed by atoms with Crippen molar-refractivity contribution in [1.29, 1.82) is 5.41 Å². The first-order valence-corrected chi connectivity index (χ1v) is 4.58. The van der Waals surface area contributed by atoms with Crippen molar-refractivity contribution in [3.63, 3.8) is 0 Å². The first-order valence-electron chi connectivity index (χ1n) is 4.58. The Morgan fingerprint density at radius 3 is 2.17 bits per heavy atom. The van der Waals surface area contributed by atoms with Gasteiger partial charge in [-0.15, -0.1) is 0 Å². The van der Waals surface area contributed by atoms with Crippen LogP contribution in [0.3, 0.4) is 0 Å². The maximum absolute atomic E-state index is 7.87. The molecule has 1 aliphatic heterocycles. The van der Waals surface area contributed by atoms with Crippen LogP contribution in [0.25, 0.3) is 0 Å². The molecule has 0 unspecified atom stereocenters. The van der Waals surface area contributed by atoms with Crippen molar-refractivity contribution >= 4 is 5.96 Å². The van der Waals surface area contributed by atoms with Gasteiger partial charge in [-0.2, -0.15) is 0 Å². The molecule has 70 valence electrons. The van der Waals surface area contributed by atoms with Gasteiger partial charge in [0.05, 0.1) is 0 Å². The Morgan fingerprint density at radius 1 is 1.33 bits per heavy atom. The molecule has 0 aromatic rings. The highest BCUT2D eigenvalue weighted by atomic mass is 15.4. The molecular weight excluding hydrogens is 150 g/mol. The molecule has 0 amide bonds. The largest absolute Gasteiger partial charge is 0.342 e. The lowest BCUT2D eigenvalue weighted by Gasteiger charge is -2.33. The van der Waals surface area contributed by atoms with Crippen molar-refractivity contribution in [1.82, 2.24) is 9.80 Å². The number of guanidine groups is 1. The smallest absolute Gasteiger partial charge is 0.194 e. The zero-order valence-electron chi connectivity index (χ0n) is 8.52. The fourth-order valence-electron chi connectivity index (χ4n) is 1.56. The number of hydrogen-bond acceptors (Lipinski definition) is 1. The van der Waals surface area contributed by atoms with Gasteiger partial charge in [0.1, 0.15) is 0 Å². The predicted molar refractivity (Wildman–Crippen MR) is 51.4 cm³/mol. The Morgan fingerprint density at radius 2 is 1.92 bits per heavy atom. The van der Waals surface area contributed by atoms with E-state index < -0.39 is 0 Å². The van der Waals surface area contributed by atoms with Crippen LogP contribution >= 0.6 is 0 Å². The number of rotatable bonds is 1. The zero-order chi connectivity index (χ0) is 9.35. The van der Waals surface area contributed by atoms with Gasteiger partial charge in [-0.1, -0.05) is 0 Å². The summed E-state index contributed by atoms with van der Waals surface area (Å²) in [5.74, 6) is 0.685. The second-order valence-electron chi connectivity index (χ2n) is 4.23. The summed E-state index contributed by atoms with van der Waals surface area (Å²) < 4.78 is 0. The van der Waals surface area contributed by atoms with Crippen LogP contribution in [-0.4, -0.2) is 40.9 Å². The van der Waals surface area contributed by atoms with Gasteiger partial charge in [-0.25, -0.2) is 0 Å². The van der Waals surface area contributed by atoms with E-state index in [-0.39, 0.29) is 5.54 Å². The van der Waals surface area contributed by atoms with E-state index in [0.717, 1.165) is 19.6 Å². The molecule has 12 heavy (non-hydrogen) atoms. The average Bonchev–Trinajstić information content (AvgIpc) is 2.29. The summed E-state index contributed by atoms with van der Waals surface area (Å²) in [7, 11) is 0. The molecule has 1 fully saturated rings. The fraction of sp³-hybridized carbons (Fsp3) is 0.889. The van der Waals surface area contributed by atoms with Gasteiger partial charge in [0.2, 0.25) is 0 Å². The van der Waals surface area contributed by atoms with Crippen LogP contribution in [0.1, 0.15) is 27.7 Å². The highest BCUT2D eigenvalue weighted by Crippen LogP contribution is 2.19. The Labute approximate surface area is 74.9 Å². The number of hydrogen-bond donors (Lipinski definition) is 1. The van der Waals surface area contributed by atoms with Crippen LogP contribution in [0.2, 0.25) is 0 Å². The molecule has 1 aliphatic rings. The molecule has 3 heteroatoms. The third kappa shape index (κ3) is 1.54. The Balaban J connectivity index is 2.67. The molecule has 0 saturated carbocycles. The third-order valence-corrected chi connectivity index (χ3v) is 2.34. The summed E-state index contributed by atoms with van der Waals surface area (Å²) >= 11 is 0.